The second-order valence-corrected chi connectivity index (χ2v) is 4.55. The number of hydrogen-bond donors (Lipinski definition) is 2. The van der Waals surface area contributed by atoms with Gasteiger partial charge in [-0.2, -0.15) is 0 Å². The average molecular weight is 290 g/mol. The minimum Gasteiger partial charge on any atom is -0.479 e. The number of amides is 1. The van der Waals surface area contributed by atoms with Crippen molar-refractivity contribution in [1.29, 1.82) is 0 Å². The van der Waals surface area contributed by atoms with Gasteiger partial charge in [0.15, 0.2) is 0 Å². The van der Waals surface area contributed by atoms with Gasteiger partial charge >= 0.3 is 0 Å². The highest BCUT2D eigenvalue weighted by Crippen LogP contribution is 2.14. The Kier molecular flexibility index (Phi) is 5.34. The van der Waals surface area contributed by atoms with Crippen LogP contribution in [-0.2, 0) is 11.2 Å². The molecule has 1 aromatic carbocycles. The third-order valence-electron chi connectivity index (χ3n) is 3.06. The molecule has 0 spiro atoms. The molecule has 0 radical (unpaired) electrons. The van der Waals surface area contributed by atoms with E-state index < -0.39 is 6.04 Å². The molecule has 2 N–H and O–H groups in total. The molecular formula is C15H18N2O4. The first-order valence-electron chi connectivity index (χ1n) is 6.67. The highest BCUT2D eigenvalue weighted by Gasteiger charge is 2.14. The second kappa shape index (κ2) is 7.44. The van der Waals surface area contributed by atoms with Crippen molar-refractivity contribution in [2.75, 3.05) is 13.7 Å². The number of carbonyl (C=O) groups is 1. The van der Waals surface area contributed by atoms with Crippen molar-refractivity contribution in [2.45, 2.75) is 18.9 Å². The van der Waals surface area contributed by atoms with E-state index in [-0.39, 0.29) is 18.9 Å². The summed E-state index contributed by atoms with van der Waals surface area (Å²) in [6.45, 7) is -0.147. The zero-order chi connectivity index (χ0) is 15.1. The molecule has 0 bridgehead atoms. The minimum absolute atomic E-state index is 0.147. The van der Waals surface area contributed by atoms with Gasteiger partial charge in [0.25, 0.3) is 5.88 Å². The third-order valence-corrected chi connectivity index (χ3v) is 3.06. The summed E-state index contributed by atoms with van der Waals surface area (Å²) in [6.07, 6.45) is 0.677. The number of aryl methyl sites for hydroxylation is 1. The van der Waals surface area contributed by atoms with E-state index in [0.717, 1.165) is 5.56 Å². The molecule has 1 aromatic heterocycles. The molecule has 1 atom stereocenters. The Morgan fingerprint density at radius 3 is 2.81 bits per heavy atom. The van der Waals surface area contributed by atoms with Gasteiger partial charge in [0.2, 0.25) is 5.91 Å². The average Bonchev–Trinajstić information content (AvgIpc) is 2.99. The molecule has 2 rings (SSSR count). The maximum atomic E-state index is 11.9. The van der Waals surface area contributed by atoms with Crippen molar-refractivity contribution in [3.05, 3.63) is 47.7 Å². The van der Waals surface area contributed by atoms with E-state index in [9.17, 15) is 9.90 Å². The van der Waals surface area contributed by atoms with Gasteiger partial charge in [-0.05, 0) is 10.7 Å². The van der Waals surface area contributed by atoms with Crippen LogP contribution in [0.5, 0.6) is 5.88 Å². The Labute approximate surface area is 122 Å². The topological polar surface area (TPSA) is 84.6 Å². The Balaban J connectivity index is 1.85. The molecule has 0 aliphatic carbocycles. The minimum atomic E-state index is -0.400. The second-order valence-electron chi connectivity index (χ2n) is 4.55. The Morgan fingerprint density at radius 2 is 2.19 bits per heavy atom. The van der Waals surface area contributed by atoms with Gasteiger partial charge in [-0.1, -0.05) is 30.3 Å². The Bertz CT molecular complexity index is 568. The Morgan fingerprint density at radius 1 is 1.43 bits per heavy atom. The van der Waals surface area contributed by atoms with Crippen molar-refractivity contribution in [2.24, 2.45) is 0 Å². The fourth-order valence-corrected chi connectivity index (χ4v) is 1.93. The summed E-state index contributed by atoms with van der Waals surface area (Å²) in [7, 11) is 1.50. The molecule has 0 unspecified atom stereocenters. The zero-order valence-electron chi connectivity index (χ0n) is 11.8. The van der Waals surface area contributed by atoms with Crippen LogP contribution in [0.3, 0.4) is 0 Å². The number of nitrogens with zero attached hydrogens (tertiary/aromatic N) is 1. The van der Waals surface area contributed by atoms with Crippen LogP contribution in [0.15, 0.2) is 40.9 Å². The molecule has 21 heavy (non-hydrogen) atoms. The Hall–Kier alpha value is -2.34. The van der Waals surface area contributed by atoms with Crippen LogP contribution in [0.4, 0.5) is 0 Å². The van der Waals surface area contributed by atoms with Crippen LogP contribution in [-0.4, -0.2) is 29.9 Å². The van der Waals surface area contributed by atoms with Gasteiger partial charge in [-0.25, -0.2) is 0 Å². The molecule has 2 aromatic rings. The SMILES string of the molecule is COc1cc(CCC(=O)N[C@H](CO)c2ccccc2)on1. The normalized spacial score (nSPS) is 11.9. The summed E-state index contributed by atoms with van der Waals surface area (Å²) < 4.78 is 9.92. The van der Waals surface area contributed by atoms with Crippen molar-refractivity contribution < 1.29 is 19.2 Å². The summed E-state index contributed by atoms with van der Waals surface area (Å²) in [5, 5.41) is 15.8. The fraction of sp³-hybridized carbons (Fsp3) is 0.333. The monoisotopic (exact) mass is 290 g/mol. The molecule has 0 saturated heterocycles. The number of rotatable bonds is 7. The van der Waals surface area contributed by atoms with Crippen LogP contribution in [0, 0.1) is 0 Å². The molecular weight excluding hydrogens is 272 g/mol. The van der Waals surface area contributed by atoms with E-state index in [1.54, 1.807) is 6.07 Å². The number of ether oxygens (including phenoxy) is 1. The zero-order valence-corrected chi connectivity index (χ0v) is 11.8. The molecule has 6 nitrogen and oxygen atoms in total. The smallest absolute Gasteiger partial charge is 0.254 e. The summed E-state index contributed by atoms with van der Waals surface area (Å²) in [6, 6.07) is 10.6. The van der Waals surface area contributed by atoms with Gasteiger partial charge in [0.05, 0.1) is 19.8 Å². The molecule has 0 aliphatic heterocycles. The summed E-state index contributed by atoms with van der Waals surface area (Å²) in [5.74, 6) is 0.818. The van der Waals surface area contributed by atoms with Crippen LogP contribution < -0.4 is 10.1 Å². The number of aromatic nitrogens is 1. The number of aliphatic hydroxyl groups is 1. The van der Waals surface area contributed by atoms with E-state index in [0.29, 0.717) is 18.1 Å². The summed E-state index contributed by atoms with van der Waals surface area (Å²) in [5.41, 5.74) is 0.870. The molecule has 0 fully saturated rings. The number of hydrogen-bond acceptors (Lipinski definition) is 5. The van der Waals surface area contributed by atoms with Crippen molar-refractivity contribution in [3.8, 4) is 5.88 Å². The molecule has 1 heterocycles. The first-order valence-corrected chi connectivity index (χ1v) is 6.67. The van der Waals surface area contributed by atoms with Gasteiger partial charge in [0.1, 0.15) is 5.76 Å². The number of nitrogens with one attached hydrogen (secondary N) is 1. The van der Waals surface area contributed by atoms with E-state index in [1.165, 1.54) is 7.11 Å². The lowest BCUT2D eigenvalue weighted by atomic mass is 10.1. The molecule has 0 saturated carbocycles. The molecule has 0 aliphatic rings. The summed E-state index contributed by atoms with van der Waals surface area (Å²) >= 11 is 0. The largest absolute Gasteiger partial charge is 0.479 e. The van der Waals surface area contributed by atoms with Crippen molar-refractivity contribution in [3.63, 3.8) is 0 Å². The number of carbonyl (C=O) groups excluding carboxylic acids is 1. The molecule has 6 heteroatoms. The van der Waals surface area contributed by atoms with Crippen LogP contribution in [0.1, 0.15) is 23.8 Å². The van der Waals surface area contributed by atoms with Crippen molar-refractivity contribution in [1.82, 2.24) is 10.5 Å². The first-order chi connectivity index (χ1) is 10.2. The van der Waals surface area contributed by atoms with E-state index in [1.807, 2.05) is 30.3 Å². The quantitative estimate of drug-likeness (QED) is 0.806. The third kappa shape index (κ3) is 4.32. The standard InChI is InChI=1S/C15H18N2O4/c1-20-15-9-12(21-17-15)7-8-14(19)16-13(10-18)11-5-3-2-4-6-11/h2-6,9,13,18H,7-8,10H2,1H3,(H,16,19)/t13-/m1/s1. The number of methoxy groups -OCH3 is 1. The predicted octanol–water partition coefficient (Wildman–Crippen LogP) is 1.47. The summed E-state index contributed by atoms with van der Waals surface area (Å²) in [4.78, 5) is 11.9. The van der Waals surface area contributed by atoms with Gasteiger partial charge in [-0.3, -0.25) is 4.79 Å². The molecule has 112 valence electrons. The van der Waals surface area contributed by atoms with E-state index in [2.05, 4.69) is 10.5 Å². The lowest BCUT2D eigenvalue weighted by Crippen LogP contribution is -2.30. The van der Waals surface area contributed by atoms with Crippen molar-refractivity contribution >= 4 is 5.91 Å². The maximum absolute atomic E-state index is 11.9. The maximum Gasteiger partial charge on any atom is 0.254 e. The molecule has 1 amide bonds. The van der Waals surface area contributed by atoms with Crippen LogP contribution in [0.2, 0.25) is 0 Å². The fourth-order valence-electron chi connectivity index (χ4n) is 1.93. The van der Waals surface area contributed by atoms with Gasteiger partial charge in [0, 0.05) is 18.9 Å². The van der Waals surface area contributed by atoms with Crippen LogP contribution in [0.25, 0.3) is 0 Å². The first kappa shape index (κ1) is 15.1. The van der Waals surface area contributed by atoms with E-state index >= 15 is 0 Å². The number of benzene rings is 1. The highest BCUT2D eigenvalue weighted by molar-refractivity contribution is 5.76. The van der Waals surface area contributed by atoms with Gasteiger partial charge < -0.3 is 19.7 Å². The predicted molar refractivity (Wildman–Crippen MR) is 75.8 cm³/mol. The lowest BCUT2D eigenvalue weighted by molar-refractivity contribution is -0.122. The van der Waals surface area contributed by atoms with Crippen LogP contribution >= 0.6 is 0 Å². The lowest BCUT2D eigenvalue weighted by Gasteiger charge is -2.16. The van der Waals surface area contributed by atoms with E-state index in [4.69, 9.17) is 9.26 Å². The van der Waals surface area contributed by atoms with Gasteiger partial charge in [-0.15, -0.1) is 0 Å². The highest BCUT2D eigenvalue weighted by atomic mass is 16.5. The number of aliphatic hydroxyl groups excluding tert-OH is 1.